The summed E-state index contributed by atoms with van der Waals surface area (Å²) in [5.41, 5.74) is 2.44. The van der Waals surface area contributed by atoms with Gasteiger partial charge in [-0.1, -0.05) is 35.9 Å². The summed E-state index contributed by atoms with van der Waals surface area (Å²) < 4.78 is 1.53. The Morgan fingerprint density at radius 1 is 1.00 bits per heavy atom. The first-order valence-corrected chi connectivity index (χ1v) is 11.6. The second kappa shape index (κ2) is 10.5. The Balaban J connectivity index is 1.47. The maximum Gasteiger partial charge on any atom is 0.265 e. The van der Waals surface area contributed by atoms with Crippen molar-refractivity contribution >= 4 is 34.3 Å². The Labute approximate surface area is 208 Å². The van der Waals surface area contributed by atoms with Gasteiger partial charge in [-0.2, -0.15) is 0 Å². The fourth-order valence-electron chi connectivity index (χ4n) is 3.84. The minimum atomic E-state index is -0.263. The number of hydrogen-bond acceptors (Lipinski definition) is 4. The van der Waals surface area contributed by atoms with Gasteiger partial charge < -0.3 is 10.2 Å². The van der Waals surface area contributed by atoms with E-state index < -0.39 is 0 Å². The number of halogens is 1. The van der Waals surface area contributed by atoms with Crippen molar-refractivity contribution in [2.24, 2.45) is 0 Å². The number of nitrogens with zero attached hydrogens (tertiary/aromatic N) is 3. The van der Waals surface area contributed by atoms with Gasteiger partial charge in [-0.05, 0) is 67.9 Å². The number of aromatic nitrogens is 2. The minimum absolute atomic E-state index is 0.0577. The quantitative estimate of drug-likeness (QED) is 0.424. The van der Waals surface area contributed by atoms with Crippen LogP contribution in [-0.4, -0.2) is 39.4 Å². The number of carbonyl (C=O) groups excluding carboxylic acids is 2. The van der Waals surface area contributed by atoms with Crippen molar-refractivity contribution < 1.29 is 9.59 Å². The van der Waals surface area contributed by atoms with E-state index in [1.165, 1.54) is 9.47 Å². The van der Waals surface area contributed by atoms with Crippen LogP contribution in [0.3, 0.4) is 0 Å². The number of hydrogen-bond donors (Lipinski definition) is 1. The van der Waals surface area contributed by atoms with Gasteiger partial charge in [-0.15, -0.1) is 0 Å². The SMILES string of the molecule is CCN(CC(=O)NCc1ccc(Cl)cc1)C(=O)c1ccc(-n2c(C)nc3ccccc3c2=O)cc1. The maximum absolute atomic E-state index is 13.0. The van der Waals surface area contributed by atoms with E-state index in [0.717, 1.165) is 5.56 Å². The Morgan fingerprint density at radius 3 is 2.37 bits per heavy atom. The molecule has 7 nitrogen and oxygen atoms in total. The van der Waals surface area contributed by atoms with Gasteiger partial charge in [-0.3, -0.25) is 19.0 Å². The highest BCUT2D eigenvalue weighted by Gasteiger charge is 2.18. The molecule has 4 aromatic rings. The second-order valence-corrected chi connectivity index (χ2v) is 8.52. The van der Waals surface area contributed by atoms with Crippen LogP contribution in [0.15, 0.2) is 77.6 Å². The number of amides is 2. The third-order valence-electron chi connectivity index (χ3n) is 5.72. The molecule has 4 rings (SSSR count). The van der Waals surface area contributed by atoms with Crippen LogP contribution in [0.2, 0.25) is 5.02 Å². The van der Waals surface area contributed by atoms with Gasteiger partial charge in [0.05, 0.1) is 23.1 Å². The van der Waals surface area contributed by atoms with Gasteiger partial charge in [-0.25, -0.2) is 4.98 Å². The lowest BCUT2D eigenvalue weighted by Gasteiger charge is -2.21. The second-order valence-electron chi connectivity index (χ2n) is 8.09. The third kappa shape index (κ3) is 5.41. The number of para-hydroxylation sites is 1. The number of carbonyl (C=O) groups is 2. The predicted molar refractivity (Wildman–Crippen MR) is 137 cm³/mol. The molecule has 35 heavy (non-hydrogen) atoms. The summed E-state index contributed by atoms with van der Waals surface area (Å²) in [5, 5.41) is 3.98. The van der Waals surface area contributed by atoms with E-state index in [0.29, 0.717) is 46.1 Å². The molecule has 0 saturated carbocycles. The summed E-state index contributed by atoms with van der Waals surface area (Å²) in [4.78, 5) is 44.5. The molecule has 1 aromatic heterocycles. The number of benzene rings is 3. The Bertz CT molecular complexity index is 1430. The summed E-state index contributed by atoms with van der Waals surface area (Å²) >= 11 is 5.89. The molecule has 8 heteroatoms. The van der Waals surface area contributed by atoms with Gasteiger partial charge in [0, 0.05) is 23.7 Å². The molecule has 0 aliphatic heterocycles. The van der Waals surface area contributed by atoms with Crippen LogP contribution in [0.25, 0.3) is 16.6 Å². The molecule has 178 valence electrons. The Hall–Kier alpha value is -3.97. The first-order valence-electron chi connectivity index (χ1n) is 11.3. The van der Waals surface area contributed by atoms with Crippen LogP contribution >= 0.6 is 11.6 Å². The molecule has 1 heterocycles. The van der Waals surface area contributed by atoms with Crippen molar-refractivity contribution in [3.05, 3.63) is 105 Å². The average molecular weight is 489 g/mol. The van der Waals surface area contributed by atoms with Gasteiger partial charge in [0.1, 0.15) is 5.82 Å². The molecular formula is C27H25ClN4O3. The first-order chi connectivity index (χ1) is 16.9. The molecule has 0 radical (unpaired) electrons. The predicted octanol–water partition coefficient (Wildman–Crippen LogP) is 4.13. The molecule has 0 saturated heterocycles. The van der Waals surface area contributed by atoms with Gasteiger partial charge >= 0.3 is 0 Å². The van der Waals surface area contributed by atoms with Gasteiger partial charge in [0.15, 0.2) is 0 Å². The highest BCUT2D eigenvalue weighted by atomic mass is 35.5. The van der Waals surface area contributed by atoms with Crippen LogP contribution in [0.1, 0.15) is 28.7 Å². The lowest BCUT2D eigenvalue weighted by molar-refractivity contribution is -0.121. The van der Waals surface area contributed by atoms with Crippen LogP contribution in [-0.2, 0) is 11.3 Å². The topological polar surface area (TPSA) is 84.3 Å². The molecule has 0 aliphatic carbocycles. The zero-order valence-electron chi connectivity index (χ0n) is 19.5. The van der Waals surface area contributed by atoms with E-state index in [9.17, 15) is 14.4 Å². The third-order valence-corrected chi connectivity index (χ3v) is 5.97. The normalized spacial score (nSPS) is 10.8. The van der Waals surface area contributed by atoms with E-state index in [-0.39, 0.29) is 23.9 Å². The summed E-state index contributed by atoms with van der Waals surface area (Å²) in [7, 11) is 0. The van der Waals surface area contributed by atoms with Gasteiger partial charge in [0.2, 0.25) is 5.91 Å². The standard InChI is InChI=1S/C27H25ClN4O3/c1-3-31(17-25(33)29-16-19-8-12-21(28)13-9-19)26(34)20-10-14-22(15-11-20)32-18(2)30-24-7-5-4-6-23(24)27(32)35/h4-15H,3,16-17H2,1-2H3,(H,29,33). The fraction of sp³-hybridized carbons (Fsp3) is 0.185. The highest BCUT2D eigenvalue weighted by molar-refractivity contribution is 6.30. The van der Waals surface area contributed by atoms with Crippen molar-refractivity contribution in [2.45, 2.75) is 20.4 Å². The molecule has 0 bridgehead atoms. The van der Waals surface area contributed by atoms with Crippen molar-refractivity contribution in [2.75, 3.05) is 13.1 Å². The van der Waals surface area contributed by atoms with E-state index in [4.69, 9.17) is 11.6 Å². The molecule has 1 N–H and O–H groups in total. The first kappa shape index (κ1) is 24.2. The minimum Gasteiger partial charge on any atom is -0.350 e. The Morgan fingerprint density at radius 2 is 1.69 bits per heavy atom. The maximum atomic E-state index is 13.0. The molecule has 0 atom stereocenters. The molecular weight excluding hydrogens is 464 g/mol. The lowest BCUT2D eigenvalue weighted by atomic mass is 10.1. The van der Waals surface area contributed by atoms with E-state index >= 15 is 0 Å². The summed E-state index contributed by atoms with van der Waals surface area (Å²) in [5.74, 6) is 0.0397. The highest BCUT2D eigenvalue weighted by Crippen LogP contribution is 2.15. The van der Waals surface area contributed by atoms with Crippen LogP contribution in [0, 0.1) is 6.92 Å². The average Bonchev–Trinajstić information content (AvgIpc) is 2.87. The van der Waals surface area contributed by atoms with Crippen molar-refractivity contribution in [3.63, 3.8) is 0 Å². The molecule has 0 aliphatic rings. The fourth-order valence-corrected chi connectivity index (χ4v) is 3.97. The Kier molecular flexibility index (Phi) is 7.27. The molecule has 3 aromatic carbocycles. The zero-order valence-corrected chi connectivity index (χ0v) is 20.2. The number of rotatable bonds is 7. The summed E-state index contributed by atoms with van der Waals surface area (Å²) in [6.45, 7) is 4.26. The van der Waals surface area contributed by atoms with Crippen molar-refractivity contribution in [3.8, 4) is 5.69 Å². The van der Waals surface area contributed by atoms with Gasteiger partial charge in [0.25, 0.3) is 11.5 Å². The van der Waals surface area contributed by atoms with Crippen LogP contribution in [0.4, 0.5) is 0 Å². The smallest absolute Gasteiger partial charge is 0.265 e. The van der Waals surface area contributed by atoms with Crippen LogP contribution < -0.4 is 10.9 Å². The number of likely N-dealkylation sites (N-methyl/N-ethyl adjacent to an activating group) is 1. The van der Waals surface area contributed by atoms with E-state index in [1.54, 1.807) is 61.5 Å². The summed E-state index contributed by atoms with van der Waals surface area (Å²) in [6.07, 6.45) is 0. The molecule has 0 spiro atoms. The number of aryl methyl sites for hydroxylation is 1. The zero-order chi connectivity index (χ0) is 24.9. The van der Waals surface area contributed by atoms with Crippen molar-refractivity contribution in [1.29, 1.82) is 0 Å². The van der Waals surface area contributed by atoms with Crippen LogP contribution in [0.5, 0.6) is 0 Å². The lowest BCUT2D eigenvalue weighted by Crippen LogP contribution is -2.40. The van der Waals surface area contributed by atoms with E-state index in [2.05, 4.69) is 10.3 Å². The largest absolute Gasteiger partial charge is 0.350 e. The monoisotopic (exact) mass is 488 g/mol. The molecule has 2 amide bonds. The van der Waals surface area contributed by atoms with E-state index in [1.807, 2.05) is 25.1 Å². The number of nitrogens with one attached hydrogen (secondary N) is 1. The molecule has 0 unspecified atom stereocenters. The van der Waals surface area contributed by atoms with Crippen molar-refractivity contribution in [1.82, 2.24) is 19.8 Å². The molecule has 0 fully saturated rings. The summed E-state index contributed by atoms with van der Waals surface area (Å²) in [6, 6.07) is 21.1. The number of fused-ring (bicyclic) bond motifs is 1.